The summed E-state index contributed by atoms with van der Waals surface area (Å²) in [5, 5.41) is 0. The molecule has 4 aromatic rings. The van der Waals surface area contributed by atoms with Crippen molar-refractivity contribution in [3.8, 4) is 39.7 Å². The maximum Gasteiger partial charge on any atom is 0.140 e. The molecule has 26 heavy (non-hydrogen) atoms. The number of imidazole rings is 1. The summed E-state index contributed by atoms with van der Waals surface area (Å²) < 4.78 is 5.34. The molecule has 4 nitrogen and oxygen atoms in total. The standard InChI is InChI=1S/C22H19N3O/c1-26-17-12-13-19(23)18(14-17)22-24-20(15-8-4-2-5-9-15)21(25-22)16-10-6-3-7-11-16/h2-14H,23H2,1H3,(H,24,25). The van der Waals surface area contributed by atoms with E-state index in [0.29, 0.717) is 5.69 Å². The van der Waals surface area contributed by atoms with Gasteiger partial charge in [-0.15, -0.1) is 0 Å². The number of nitrogens with one attached hydrogen (secondary N) is 1. The SMILES string of the molecule is COc1ccc(N)c(-c2nc(-c3ccccc3)c(-c3ccccc3)[nH]2)c1. The zero-order valence-corrected chi connectivity index (χ0v) is 14.4. The number of nitrogen functional groups attached to an aromatic ring is 1. The highest BCUT2D eigenvalue weighted by Crippen LogP contribution is 2.35. The van der Waals surface area contributed by atoms with E-state index in [-0.39, 0.29) is 0 Å². The van der Waals surface area contributed by atoms with E-state index < -0.39 is 0 Å². The summed E-state index contributed by atoms with van der Waals surface area (Å²) in [6, 6.07) is 25.9. The van der Waals surface area contributed by atoms with E-state index in [2.05, 4.69) is 29.2 Å². The summed E-state index contributed by atoms with van der Waals surface area (Å²) in [5.74, 6) is 1.47. The Morgan fingerprint density at radius 1 is 0.846 bits per heavy atom. The summed E-state index contributed by atoms with van der Waals surface area (Å²) in [7, 11) is 1.64. The van der Waals surface area contributed by atoms with E-state index in [4.69, 9.17) is 15.5 Å². The average molecular weight is 341 g/mol. The Labute approximate surface area is 152 Å². The van der Waals surface area contributed by atoms with Gasteiger partial charge in [0.15, 0.2) is 0 Å². The van der Waals surface area contributed by atoms with Gasteiger partial charge in [-0.2, -0.15) is 0 Å². The molecule has 1 aromatic heterocycles. The van der Waals surface area contributed by atoms with Gasteiger partial charge in [0, 0.05) is 22.4 Å². The van der Waals surface area contributed by atoms with E-state index in [1.807, 2.05) is 54.6 Å². The summed E-state index contributed by atoms with van der Waals surface area (Å²) in [6.45, 7) is 0. The van der Waals surface area contributed by atoms with Crippen molar-refractivity contribution in [3.05, 3.63) is 78.9 Å². The average Bonchev–Trinajstić information content (AvgIpc) is 3.15. The van der Waals surface area contributed by atoms with Crippen LogP contribution in [0.5, 0.6) is 5.75 Å². The Kier molecular flexibility index (Phi) is 4.15. The summed E-state index contributed by atoms with van der Waals surface area (Å²) in [6.07, 6.45) is 0. The number of anilines is 1. The second kappa shape index (κ2) is 6.76. The minimum Gasteiger partial charge on any atom is -0.497 e. The molecule has 0 saturated carbocycles. The van der Waals surface area contributed by atoms with Crippen LogP contribution in [0.4, 0.5) is 5.69 Å². The first-order valence-corrected chi connectivity index (χ1v) is 8.41. The van der Waals surface area contributed by atoms with Gasteiger partial charge in [-0.3, -0.25) is 0 Å². The quantitative estimate of drug-likeness (QED) is 0.513. The first kappa shape index (κ1) is 16.0. The van der Waals surface area contributed by atoms with Crippen molar-refractivity contribution >= 4 is 5.69 Å². The predicted octanol–water partition coefficient (Wildman–Crippen LogP) is 5.00. The van der Waals surface area contributed by atoms with E-state index in [1.54, 1.807) is 7.11 Å². The van der Waals surface area contributed by atoms with Crippen LogP contribution >= 0.6 is 0 Å². The lowest BCUT2D eigenvalue weighted by atomic mass is 10.1. The van der Waals surface area contributed by atoms with Crippen molar-refractivity contribution < 1.29 is 4.74 Å². The van der Waals surface area contributed by atoms with Gasteiger partial charge in [0.2, 0.25) is 0 Å². The lowest BCUT2D eigenvalue weighted by Gasteiger charge is -2.05. The third kappa shape index (κ3) is 2.93. The molecule has 0 atom stereocenters. The molecular weight excluding hydrogens is 322 g/mol. The summed E-state index contributed by atoms with van der Waals surface area (Å²) in [5.41, 5.74) is 11.7. The van der Waals surface area contributed by atoms with Crippen LogP contribution in [0.2, 0.25) is 0 Å². The van der Waals surface area contributed by atoms with Crippen LogP contribution in [0.3, 0.4) is 0 Å². The van der Waals surface area contributed by atoms with Gasteiger partial charge < -0.3 is 15.5 Å². The van der Waals surface area contributed by atoms with Crippen LogP contribution in [0, 0.1) is 0 Å². The number of aromatic amines is 1. The molecule has 4 heteroatoms. The van der Waals surface area contributed by atoms with Crippen molar-refractivity contribution in [2.45, 2.75) is 0 Å². The second-order valence-corrected chi connectivity index (χ2v) is 5.99. The predicted molar refractivity (Wildman–Crippen MR) is 106 cm³/mol. The van der Waals surface area contributed by atoms with Crippen molar-refractivity contribution in [3.63, 3.8) is 0 Å². The lowest BCUT2D eigenvalue weighted by molar-refractivity contribution is 0.415. The third-order valence-corrected chi connectivity index (χ3v) is 4.33. The Morgan fingerprint density at radius 2 is 1.50 bits per heavy atom. The molecule has 0 bridgehead atoms. The Bertz CT molecular complexity index is 967. The number of nitrogens with zero attached hydrogens (tertiary/aromatic N) is 1. The molecule has 4 rings (SSSR count). The van der Waals surface area contributed by atoms with Crippen molar-refractivity contribution in [1.82, 2.24) is 9.97 Å². The van der Waals surface area contributed by atoms with Gasteiger partial charge in [-0.25, -0.2) is 4.98 Å². The normalized spacial score (nSPS) is 10.7. The number of nitrogens with two attached hydrogens (primary N) is 1. The molecule has 0 spiro atoms. The zero-order chi connectivity index (χ0) is 17.9. The fourth-order valence-corrected chi connectivity index (χ4v) is 2.99. The van der Waals surface area contributed by atoms with Crippen molar-refractivity contribution in [2.24, 2.45) is 0 Å². The van der Waals surface area contributed by atoms with Gasteiger partial charge in [0.1, 0.15) is 11.6 Å². The monoisotopic (exact) mass is 341 g/mol. The molecule has 0 radical (unpaired) electrons. The molecule has 3 aromatic carbocycles. The van der Waals surface area contributed by atoms with E-state index in [0.717, 1.165) is 39.7 Å². The molecule has 0 unspecified atom stereocenters. The Morgan fingerprint density at radius 3 is 2.15 bits per heavy atom. The topological polar surface area (TPSA) is 63.9 Å². The second-order valence-electron chi connectivity index (χ2n) is 5.99. The van der Waals surface area contributed by atoms with Gasteiger partial charge in [-0.1, -0.05) is 60.7 Å². The summed E-state index contributed by atoms with van der Waals surface area (Å²) >= 11 is 0. The molecule has 1 heterocycles. The highest BCUT2D eigenvalue weighted by atomic mass is 16.5. The first-order chi connectivity index (χ1) is 12.8. The first-order valence-electron chi connectivity index (χ1n) is 8.41. The maximum absolute atomic E-state index is 6.20. The van der Waals surface area contributed by atoms with Gasteiger partial charge >= 0.3 is 0 Å². The highest BCUT2D eigenvalue weighted by molar-refractivity contribution is 5.83. The molecule has 3 N–H and O–H groups in total. The fraction of sp³-hybridized carbons (Fsp3) is 0.0455. The number of rotatable bonds is 4. The van der Waals surface area contributed by atoms with Crippen molar-refractivity contribution in [1.29, 1.82) is 0 Å². The number of aromatic nitrogens is 2. The van der Waals surface area contributed by atoms with Crippen LogP contribution in [-0.4, -0.2) is 17.1 Å². The molecule has 128 valence electrons. The van der Waals surface area contributed by atoms with E-state index in [9.17, 15) is 0 Å². The minimum absolute atomic E-state index is 0.652. The number of hydrogen-bond acceptors (Lipinski definition) is 3. The molecule has 0 saturated heterocycles. The maximum atomic E-state index is 6.20. The van der Waals surface area contributed by atoms with Crippen LogP contribution < -0.4 is 10.5 Å². The van der Waals surface area contributed by atoms with Gasteiger partial charge in [0.25, 0.3) is 0 Å². The highest BCUT2D eigenvalue weighted by Gasteiger charge is 2.16. The molecule has 0 aliphatic carbocycles. The minimum atomic E-state index is 0.652. The van der Waals surface area contributed by atoms with Crippen LogP contribution in [-0.2, 0) is 0 Å². The molecular formula is C22H19N3O. The molecule has 0 fully saturated rings. The fourth-order valence-electron chi connectivity index (χ4n) is 2.99. The number of benzene rings is 3. The van der Waals surface area contributed by atoms with E-state index in [1.165, 1.54) is 0 Å². The smallest absolute Gasteiger partial charge is 0.140 e. The van der Waals surface area contributed by atoms with Crippen LogP contribution in [0.1, 0.15) is 0 Å². The zero-order valence-electron chi connectivity index (χ0n) is 14.4. The number of H-pyrrole nitrogens is 1. The van der Waals surface area contributed by atoms with E-state index >= 15 is 0 Å². The molecule has 0 amide bonds. The van der Waals surface area contributed by atoms with Crippen LogP contribution in [0.15, 0.2) is 78.9 Å². The largest absolute Gasteiger partial charge is 0.497 e. The number of ether oxygens (including phenoxy) is 1. The van der Waals surface area contributed by atoms with Gasteiger partial charge in [-0.05, 0) is 18.2 Å². The van der Waals surface area contributed by atoms with Crippen molar-refractivity contribution in [2.75, 3.05) is 12.8 Å². The number of hydrogen-bond donors (Lipinski definition) is 2. The third-order valence-electron chi connectivity index (χ3n) is 4.33. The lowest BCUT2D eigenvalue weighted by Crippen LogP contribution is -1.93. The Hall–Kier alpha value is -3.53. The molecule has 0 aliphatic heterocycles. The molecule has 0 aliphatic rings. The van der Waals surface area contributed by atoms with Gasteiger partial charge in [0.05, 0.1) is 18.5 Å². The Balaban J connectivity index is 1.92. The number of methoxy groups -OCH3 is 1. The summed E-state index contributed by atoms with van der Waals surface area (Å²) in [4.78, 5) is 8.33. The van der Waals surface area contributed by atoms with Crippen LogP contribution in [0.25, 0.3) is 33.9 Å².